The van der Waals surface area contributed by atoms with Gasteiger partial charge in [0.05, 0.1) is 12.3 Å². The molecule has 10 heteroatoms. The molecule has 196 valence electrons. The molecular weight excluding hydrogens is 462 g/mol. The van der Waals surface area contributed by atoms with E-state index in [0.29, 0.717) is 25.3 Å². The van der Waals surface area contributed by atoms with Crippen LogP contribution in [0.5, 0.6) is 0 Å². The van der Waals surface area contributed by atoms with E-state index in [1.165, 1.54) is 0 Å². The number of nitrogens with one attached hydrogen (secondary N) is 1. The Bertz CT molecular complexity index is 1140. The fraction of sp³-hybridized carbons (Fsp3) is 0.720. The molecule has 1 N–H and O–H groups in total. The molecule has 0 saturated carbocycles. The predicted octanol–water partition coefficient (Wildman–Crippen LogP) is 4.62. The third-order valence-electron chi connectivity index (χ3n) is 7.23. The highest BCUT2D eigenvalue weighted by Crippen LogP contribution is 2.37. The number of fused-ring (bicyclic) bond motifs is 1. The molecule has 2 aromatic rings. The third-order valence-corrected chi connectivity index (χ3v) is 11.7. The average molecular weight is 506 g/mol. The fourth-order valence-electron chi connectivity index (χ4n) is 4.06. The van der Waals surface area contributed by atoms with Crippen molar-refractivity contribution < 1.29 is 14.0 Å². The minimum absolute atomic E-state index is 0.0161. The molecule has 3 heterocycles. The SMILES string of the molecule is C[C@@H]1CN(c2cc(=O)[nH]c3c2nc(CO[Si](C)(C)C(C)(C)C)n3C)[C@@H](C)CN1C(=O)OC(C)(C)C. The Morgan fingerprint density at radius 1 is 1.14 bits per heavy atom. The summed E-state index contributed by atoms with van der Waals surface area (Å²) in [7, 11) is -0.0485. The van der Waals surface area contributed by atoms with E-state index in [1.807, 2.05) is 39.3 Å². The van der Waals surface area contributed by atoms with Crippen LogP contribution >= 0.6 is 0 Å². The Morgan fingerprint density at radius 2 is 1.77 bits per heavy atom. The van der Waals surface area contributed by atoms with Crippen LogP contribution in [0.25, 0.3) is 11.2 Å². The van der Waals surface area contributed by atoms with Crippen LogP contribution in [0.3, 0.4) is 0 Å². The average Bonchev–Trinajstić information content (AvgIpc) is 3.01. The number of nitrogens with zero attached hydrogens (tertiary/aromatic N) is 4. The number of carbonyl (C=O) groups is 1. The Balaban J connectivity index is 1.91. The molecular formula is C25H43N5O4Si. The molecule has 0 unspecified atom stereocenters. The van der Waals surface area contributed by atoms with Crippen molar-refractivity contribution in [3.63, 3.8) is 0 Å². The molecule has 0 spiro atoms. The molecule has 0 bridgehead atoms. The van der Waals surface area contributed by atoms with Gasteiger partial charge in [-0.25, -0.2) is 9.78 Å². The van der Waals surface area contributed by atoms with Crippen molar-refractivity contribution in [1.82, 2.24) is 19.4 Å². The monoisotopic (exact) mass is 505 g/mol. The van der Waals surface area contributed by atoms with E-state index in [9.17, 15) is 9.59 Å². The van der Waals surface area contributed by atoms with E-state index in [-0.39, 0.29) is 28.8 Å². The first-order valence-corrected chi connectivity index (χ1v) is 15.3. The van der Waals surface area contributed by atoms with Crippen molar-refractivity contribution in [2.75, 3.05) is 18.0 Å². The molecule has 1 aliphatic heterocycles. The van der Waals surface area contributed by atoms with E-state index in [4.69, 9.17) is 14.1 Å². The first-order valence-electron chi connectivity index (χ1n) is 12.4. The first-order chi connectivity index (χ1) is 15.9. The van der Waals surface area contributed by atoms with Crippen LogP contribution in [0.1, 0.15) is 61.2 Å². The van der Waals surface area contributed by atoms with Crippen LogP contribution in [-0.2, 0) is 22.8 Å². The van der Waals surface area contributed by atoms with E-state index in [1.54, 1.807) is 11.0 Å². The van der Waals surface area contributed by atoms with Gasteiger partial charge in [0.1, 0.15) is 22.6 Å². The lowest BCUT2D eigenvalue weighted by atomic mass is 10.1. The van der Waals surface area contributed by atoms with Crippen LogP contribution in [-0.4, -0.2) is 64.6 Å². The molecule has 1 aliphatic rings. The number of hydrogen-bond donors (Lipinski definition) is 1. The molecule has 0 aliphatic carbocycles. The van der Waals surface area contributed by atoms with Gasteiger partial charge in [0, 0.05) is 38.3 Å². The Labute approximate surface area is 209 Å². The Morgan fingerprint density at radius 3 is 2.34 bits per heavy atom. The zero-order valence-electron chi connectivity index (χ0n) is 23.3. The predicted molar refractivity (Wildman–Crippen MR) is 143 cm³/mol. The zero-order valence-corrected chi connectivity index (χ0v) is 24.3. The second-order valence-corrected chi connectivity index (χ2v) is 17.1. The second kappa shape index (κ2) is 9.27. The summed E-state index contributed by atoms with van der Waals surface area (Å²) in [5.74, 6) is 0.779. The van der Waals surface area contributed by atoms with Gasteiger partial charge in [0.15, 0.2) is 8.32 Å². The standard InChI is InChI=1S/C25H43N5O4Si/c1-16-14-30(23(32)34-24(3,4)5)17(2)13-29(16)18-12-20(31)27-22-21(18)26-19(28(22)9)15-33-35(10,11)25(6,7)8/h12,16-17H,13-15H2,1-11H3,(H,27,31)/t16-,17+/m0/s1. The van der Waals surface area contributed by atoms with Gasteiger partial charge in [-0.3, -0.25) is 4.79 Å². The van der Waals surface area contributed by atoms with Crippen molar-refractivity contribution in [2.24, 2.45) is 7.05 Å². The van der Waals surface area contributed by atoms with Crippen LogP contribution in [0.4, 0.5) is 10.5 Å². The van der Waals surface area contributed by atoms with Gasteiger partial charge in [0.2, 0.25) is 0 Å². The van der Waals surface area contributed by atoms with E-state index in [2.05, 4.69) is 50.7 Å². The van der Waals surface area contributed by atoms with Crippen molar-refractivity contribution >= 4 is 31.3 Å². The molecule has 1 amide bonds. The van der Waals surface area contributed by atoms with Gasteiger partial charge in [-0.1, -0.05) is 20.8 Å². The number of anilines is 1. The number of aromatic nitrogens is 3. The summed E-state index contributed by atoms with van der Waals surface area (Å²) in [5.41, 5.74) is 1.47. The Kier molecular flexibility index (Phi) is 7.22. The lowest BCUT2D eigenvalue weighted by Gasteiger charge is -2.45. The number of amides is 1. The number of aromatic amines is 1. The lowest BCUT2D eigenvalue weighted by molar-refractivity contribution is 0.0130. The van der Waals surface area contributed by atoms with E-state index >= 15 is 0 Å². The van der Waals surface area contributed by atoms with Gasteiger partial charge in [-0.05, 0) is 52.8 Å². The topological polar surface area (TPSA) is 92.7 Å². The van der Waals surface area contributed by atoms with E-state index in [0.717, 1.165) is 17.0 Å². The summed E-state index contributed by atoms with van der Waals surface area (Å²) in [4.78, 5) is 37.2. The number of piperazine rings is 1. The minimum Gasteiger partial charge on any atom is -0.444 e. The van der Waals surface area contributed by atoms with Crippen molar-refractivity contribution in [3.05, 3.63) is 22.2 Å². The smallest absolute Gasteiger partial charge is 0.410 e. The molecule has 35 heavy (non-hydrogen) atoms. The number of imidazole rings is 1. The van der Waals surface area contributed by atoms with Crippen molar-refractivity contribution in [2.45, 2.75) is 97.8 Å². The summed E-state index contributed by atoms with van der Waals surface area (Å²) in [5, 5.41) is 0.0937. The summed E-state index contributed by atoms with van der Waals surface area (Å²) in [6.45, 7) is 22.2. The summed E-state index contributed by atoms with van der Waals surface area (Å²) >= 11 is 0. The molecule has 1 saturated heterocycles. The minimum atomic E-state index is -1.96. The van der Waals surface area contributed by atoms with Gasteiger partial charge >= 0.3 is 6.09 Å². The maximum atomic E-state index is 12.8. The first kappa shape index (κ1) is 27.3. The molecule has 1 fully saturated rings. The third kappa shape index (κ3) is 5.74. The van der Waals surface area contributed by atoms with Gasteiger partial charge < -0.3 is 28.5 Å². The number of rotatable bonds is 4. The molecule has 2 aromatic heterocycles. The molecule has 0 aromatic carbocycles. The number of hydrogen-bond acceptors (Lipinski definition) is 6. The second-order valence-electron chi connectivity index (χ2n) is 12.3. The normalized spacial score (nSPS) is 20.0. The summed E-state index contributed by atoms with van der Waals surface area (Å²) < 4.78 is 13.9. The number of ether oxygens (including phenoxy) is 1. The number of carbonyl (C=O) groups excluding carboxylic acids is 1. The molecule has 0 radical (unpaired) electrons. The number of aryl methyl sites for hydroxylation is 1. The molecule has 9 nitrogen and oxygen atoms in total. The number of pyridine rings is 1. The van der Waals surface area contributed by atoms with E-state index < -0.39 is 13.9 Å². The highest BCUT2D eigenvalue weighted by Gasteiger charge is 2.38. The largest absolute Gasteiger partial charge is 0.444 e. The summed E-state index contributed by atoms with van der Waals surface area (Å²) in [6.07, 6.45) is -0.310. The Hall–Kier alpha value is -2.33. The molecule has 3 rings (SSSR count). The maximum Gasteiger partial charge on any atom is 0.410 e. The van der Waals surface area contributed by atoms with Crippen molar-refractivity contribution in [1.29, 1.82) is 0 Å². The highest BCUT2D eigenvalue weighted by molar-refractivity contribution is 6.74. The maximum absolute atomic E-state index is 12.8. The summed E-state index contributed by atoms with van der Waals surface area (Å²) in [6, 6.07) is 1.51. The van der Waals surface area contributed by atoms with Crippen LogP contribution < -0.4 is 10.5 Å². The zero-order chi connectivity index (χ0) is 26.5. The van der Waals surface area contributed by atoms with Gasteiger partial charge in [0.25, 0.3) is 5.56 Å². The van der Waals surface area contributed by atoms with Crippen LogP contribution in [0.2, 0.25) is 18.1 Å². The number of H-pyrrole nitrogens is 1. The highest BCUT2D eigenvalue weighted by atomic mass is 28.4. The lowest BCUT2D eigenvalue weighted by Crippen LogP contribution is -2.59. The van der Waals surface area contributed by atoms with Crippen LogP contribution in [0, 0.1) is 0 Å². The van der Waals surface area contributed by atoms with Crippen molar-refractivity contribution in [3.8, 4) is 0 Å². The van der Waals surface area contributed by atoms with Gasteiger partial charge in [-0.15, -0.1) is 0 Å². The quantitative estimate of drug-likeness (QED) is 0.610. The molecule has 2 atom stereocenters. The van der Waals surface area contributed by atoms with Gasteiger partial charge in [-0.2, -0.15) is 0 Å². The fourth-order valence-corrected chi connectivity index (χ4v) is 4.98. The van der Waals surface area contributed by atoms with Crippen LogP contribution in [0.15, 0.2) is 10.9 Å².